The van der Waals surface area contributed by atoms with E-state index in [1.807, 2.05) is 32.0 Å². The molecule has 1 fully saturated rings. The fraction of sp³-hybridized carbons (Fsp3) is 0.375. The highest BCUT2D eigenvalue weighted by atomic mass is 35.5. The van der Waals surface area contributed by atoms with E-state index >= 15 is 0 Å². The zero-order valence-electron chi connectivity index (χ0n) is 12.6. The Balaban J connectivity index is 1.77. The Bertz CT molecular complexity index is 698. The monoisotopic (exact) mass is 319 g/mol. The maximum Gasteiger partial charge on any atom is 0.322 e. The molecule has 1 N–H and O–H groups in total. The lowest BCUT2D eigenvalue weighted by Gasteiger charge is -2.23. The number of rotatable bonds is 2. The number of halogens is 1. The number of nitrogens with zero attached hydrogens (tertiary/aromatic N) is 2. The molecule has 3 rings (SSSR count). The molecule has 1 saturated heterocycles. The van der Waals surface area contributed by atoms with Gasteiger partial charge in [0.05, 0.1) is 6.04 Å². The number of carbonyl (C=O) groups excluding carboxylic acids is 1. The number of likely N-dealkylation sites (tertiary alicyclic amines) is 1. The van der Waals surface area contributed by atoms with Crippen LogP contribution < -0.4 is 5.32 Å². The van der Waals surface area contributed by atoms with Crippen molar-refractivity contribution in [1.29, 1.82) is 0 Å². The number of hydrogen-bond acceptors (Lipinski definition) is 3. The predicted octanol–water partition coefficient (Wildman–Crippen LogP) is 4.31. The molecule has 1 aliphatic heterocycles. The van der Waals surface area contributed by atoms with Crippen molar-refractivity contribution in [2.24, 2.45) is 0 Å². The first kappa shape index (κ1) is 14.9. The predicted molar refractivity (Wildman–Crippen MR) is 85.1 cm³/mol. The van der Waals surface area contributed by atoms with E-state index in [2.05, 4.69) is 10.5 Å². The molecule has 1 aromatic carbocycles. The van der Waals surface area contributed by atoms with Crippen LogP contribution in [0.5, 0.6) is 0 Å². The van der Waals surface area contributed by atoms with E-state index in [-0.39, 0.29) is 12.1 Å². The van der Waals surface area contributed by atoms with E-state index in [0.717, 1.165) is 35.5 Å². The third-order valence-corrected chi connectivity index (χ3v) is 4.18. The quantitative estimate of drug-likeness (QED) is 0.897. The average Bonchev–Trinajstić information content (AvgIpc) is 3.11. The molecule has 2 aromatic rings. The minimum Gasteiger partial charge on any atom is -0.361 e. The summed E-state index contributed by atoms with van der Waals surface area (Å²) in [4.78, 5) is 14.4. The number of hydrogen-bond donors (Lipinski definition) is 1. The fourth-order valence-corrected chi connectivity index (χ4v) is 2.95. The molecule has 1 aliphatic rings. The van der Waals surface area contributed by atoms with Crippen molar-refractivity contribution < 1.29 is 9.32 Å². The van der Waals surface area contributed by atoms with Crippen molar-refractivity contribution in [3.63, 3.8) is 0 Å². The van der Waals surface area contributed by atoms with Crippen molar-refractivity contribution in [2.75, 3.05) is 11.9 Å². The van der Waals surface area contributed by atoms with Gasteiger partial charge in [-0.05, 0) is 44.4 Å². The maximum atomic E-state index is 12.6. The van der Waals surface area contributed by atoms with E-state index in [0.29, 0.717) is 11.6 Å². The number of carbonyl (C=O) groups is 1. The minimum absolute atomic E-state index is 0.0306. The van der Waals surface area contributed by atoms with Crippen LogP contribution in [-0.2, 0) is 0 Å². The topological polar surface area (TPSA) is 58.4 Å². The van der Waals surface area contributed by atoms with Gasteiger partial charge in [0.15, 0.2) is 0 Å². The molecule has 6 heteroatoms. The Labute approximate surface area is 134 Å². The summed E-state index contributed by atoms with van der Waals surface area (Å²) < 4.78 is 5.13. The zero-order valence-corrected chi connectivity index (χ0v) is 13.4. The van der Waals surface area contributed by atoms with Crippen LogP contribution in [-0.4, -0.2) is 22.6 Å². The Hall–Kier alpha value is -2.01. The summed E-state index contributed by atoms with van der Waals surface area (Å²) in [5.74, 6) is 0.757. The van der Waals surface area contributed by atoms with Crippen molar-refractivity contribution in [3.8, 4) is 0 Å². The number of benzene rings is 1. The van der Waals surface area contributed by atoms with Gasteiger partial charge in [0, 0.05) is 23.3 Å². The van der Waals surface area contributed by atoms with Crippen LogP contribution in [0.2, 0.25) is 5.02 Å². The number of aryl methyl sites for hydroxylation is 2. The number of anilines is 1. The summed E-state index contributed by atoms with van der Waals surface area (Å²) in [6.07, 6.45) is 1.85. The summed E-state index contributed by atoms with van der Waals surface area (Å²) >= 11 is 6.00. The van der Waals surface area contributed by atoms with Gasteiger partial charge < -0.3 is 14.7 Å². The Morgan fingerprint density at radius 1 is 1.41 bits per heavy atom. The molecular weight excluding hydrogens is 302 g/mol. The van der Waals surface area contributed by atoms with E-state index in [4.69, 9.17) is 16.1 Å². The first-order valence-corrected chi connectivity index (χ1v) is 7.69. The summed E-state index contributed by atoms with van der Waals surface area (Å²) in [5.41, 5.74) is 2.53. The number of amides is 2. The molecule has 2 heterocycles. The second-order valence-electron chi connectivity index (χ2n) is 5.60. The second kappa shape index (κ2) is 6.01. The Morgan fingerprint density at radius 2 is 2.23 bits per heavy atom. The minimum atomic E-state index is -0.131. The standard InChI is InChI=1S/C16H18ClN3O2/c1-10-5-6-12(17)9-13(10)18-16(21)20-7-3-4-15(20)14-8-11(2)22-19-14/h5-6,8-9,15H,3-4,7H2,1-2H3,(H,18,21)/t15-/m0/s1. The van der Waals surface area contributed by atoms with Crippen molar-refractivity contribution >= 4 is 23.3 Å². The van der Waals surface area contributed by atoms with E-state index < -0.39 is 0 Å². The van der Waals surface area contributed by atoms with Gasteiger partial charge in [-0.1, -0.05) is 22.8 Å². The molecule has 5 nitrogen and oxygen atoms in total. The third kappa shape index (κ3) is 2.95. The zero-order chi connectivity index (χ0) is 15.7. The fourth-order valence-electron chi connectivity index (χ4n) is 2.78. The highest BCUT2D eigenvalue weighted by Crippen LogP contribution is 2.32. The molecule has 0 unspecified atom stereocenters. The van der Waals surface area contributed by atoms with Gasteiger partial charge in [0.2, 0.25) is 0 Å². The van der Waals surface area contributed by atoms with Crippen molar-refractivity contribution in [1.82, 2.24) is 10.1 Å². The van der Waals surface area contributed by atoms with Crippen LogP contribution in [0.15, 0.2) is 28.8 Å². The number of urea groups is 1. The smallest absolute Gasteiger partial charge is 0.322 e. The van der Waals surface area contributed by atoms with E-state index in [9.17, 15) is 4.79 Å². The number of aromatic nitrogens is 1. The Morgan fingerprint density at radius 3 is 2.95 bits per heavy atom. The summed E-state index contributed by atoms with van der Waals surface area (Å²) in [5, 5.41) is 7.60. The lowest BCUT2D eigenvalue weighted by Crippen LogP contribution is -2.34. The molecular formula is C16H18ClN3O2. The molecule has 116 valence electrons. The van der Waals surface area contributed by atoms with Gasteiger partial charge >= 0.3 is 6.03 Å². The molecule has 0 saturated carbocycles. The van der Waals surface area contributed by atoms with Crippen LogP contribution in [0, 0.1) is 13.8 Å². The van der Waals surface area contributed by atoms with Crippen LogP contribution in [0.25, 0.3) is 0 Å². The molecule has 1 atom stereocenters. The molecule has 2 amide bonds. The van der Waals surface area contributed by atoms with Gasteiger partial charge in [-0.2, -0.15) is 0 Å². The number of nitrogens with one attached hydrogen (secondary N) is 1. The highest BCUT2D eigenvalue weighted by molar-refractivity contribution is 6.31. The SMILES string of the molecule is Cc1cc([C@@H]2CCCN2C(=O)Nc2cc(Cl)ccc2C)no1. The highest BCUT2D eigenvalue weighted by Gasteiger charge is 2.32. The molecule has 0 bridgehead atoms. The van der Waals surface area contributed by atoms with Gasteiger partial charge in [0.1, 0.15) is 11.5 Å². The van der Waals surface area contributed by atoms with Gasteiger partial charge in [-0.25, -0.2) is 4.79 Å². The Kier molecular flexibility index (Phi) is 4.07. The summed E-state index contributed by atoms with van der Waals surface area (Å²) in [6.45, 7) is 4.50. The molecule has 0 radical (unpaired) electrons. The van der Waals surface area contributed by atoms with E-state index in [1.165, 1.54) is 0 Å². The van der Waals surface area contributed by atoms with Crippen molar-refractivity contribution in [3.05, 3.63) is 46.3 Å². The lowest BCUT2D eigenvalue weighted by molar-refractivity contribution is 0.204. The summed E-state index contributed by atoms with van der Waals surface area (Å²) in [6, 6.07) is 7.19. The van der Waals surface area contributed by atoms with Crippen LogP contribution in [0.1, 0.15) is 35.9 Å². The lowest BCUT2D eigenvalue weighted by atomic mass is 10.1. The largest absolute Gasteiger partial charge is 0.361 e. The normalized spacial score (nSPS) is 17.8. The van der Waals surface area contributed by atoms with Gasteiger partial charge in [-0.15, -0.1) is 0 Å². The van der Waals surface area contributed by atoms with Crippen LogP contribution in [0.4, 0.5) is 10.5 Å². The van der Waals surface area contributed by atoms with Crippen molar-refractivity contribution in [2.45, 2.75) is 32.7 Å². The first-order chi connectivity index (χ1) is 10.5. The van der Waals surface area contributed by atoms with Crippen LogP contribution >= 0.6 is 11.6 Å². The first-order valence-electron chi connectivity index (χ1n) is 7.31. The third-order valence-electron chi connectivity index (χ3n) is 3.94. The molecule has 22 heavy (non-hydrogen) atoms. The molecule has 1 aromatic heterocycles. The average molecular weight is 320 g/mol. The van der Waals surface area contributed by atoms with Crippen LogP contribution in [0.3, 0.4) is 0 Å². The maximum absolute atomic E-state index is 12.6. The second-order valence-corrected chi connectivity index (χ2v) is 6.04. The summed E-state index contributed by atoms with van der Waals surface area (Å²) in [7, 11) is 0. The molecule has 0 aliphatic carbocycles. The van der Waals surface area contributed by atoms with Gasteiger partial charge in [-0.3, -0.25) is 0 Å². The van der Waals surface area contributed by atoms with Gasteiger partial charge in [0.25, 0.3) is 0 Å². The van der Waals surface area contributed by atoms with E-state index in [1.54, 1.807) is 11.0 Å². The molecule has 0 spiro atoms.